The number of anilines is 1. The molecule has 0 spiro atoms. The Morgan fingerprint density at radius 2 is 1.61 bits per heavy atom. The smallest absolute Gasteiger partial charge is 0.339 e. The Kier molecular flexibility index (Phi) is 7.60. The van der Waals surface area contributed by atoms with E-state index >= 15 is 0 Å². The third-order valence-electron chi connectivity index (χ3n) is 5.80. The zero-order valence-electron chi connectivity index (χ0n) is 19.1. The number of methoxy groups -OCH3 is 3. The topological polar surface area (TPSA) is 102 Å². The highest BCUT2D eigenvalue weighted by atomic mass is 32.2. The molecular weight excluding hydrogens is 448 g/mol. The standard InChI is InChI=1S/C23H28N2O7S/c1-24(17-9-10-19(30-2)20(15-17)31-3)22(26)16-11-13-25(14-12-16)33(28,29)21-8-6-5-7-18(21)23(27)32-4/h5-10,15-16H,11-14H2,1-4H3. The second-order valence-corrected chi connectivity index (χ2v) is 9.51. The lowest BCUT2D eigenvalue weighted by Gasteiger charge is -2.33. The summed E-state index contributed by atoms with van der Waals surface area (Å²) < 4.78 is 43.0. The van der Waals surface area contributed by atoms with Crippen molar-refractivity contribution in [2.24, 2.45) is 5.92 Å². The van der Waals surface area contributed by atoms with Gasteiger partial charge < -0.3 is 19.1 Å². The third-order valence-corrected chi connectivity index (χ3v) is 7.76. The van der Waals surface area contributed by atoms with Crippen LogP contribution in [0.1, 0.15) is 23.2 Å². The maximum atomic E-state index is 13.2. The van der Waals surface area contributed by atoms with E-state index in [-0.39, 0.29) is 35.4 Å². The van der Waals surface area contributed by atoms with Crippen LogP contribution in [0.4, 0.5) is 5.69 Å². The highest BCUT2D eigenvalue weighted by molar-refractivity contribution is 7.89. The number of benzene rings is 2. The molecule has 0 N–H and O–H groups in total. The lowest BCUT2D eigenvalue weighted by Crippen LogP contribution is -2.43. The quantitative estimate of drug-likeness (QED) is 0.566. The summed E-state index contributed by atoms with van der Waals surface area (Å²) in [6.07, 6.45) is 0.742. The summed E-state index contributed by atoms with van der Waals surface area (Å²) in [6, 6.07) is 11.2. The number of carbonyl (C=O) groups excluding carboxylic acids is 2. The molecule has 0 aromatic heterocycles. The molecule has 0 bridgehead atoms. The highest BCUT2D eigenvalue weighted by Gasteiger charge is 2.35. The molecule has 0 unspecified atom stereocenters. The van der Waals surface area contributed by atoms with Crippen LogP contribution in [0.15, 0.2) is 47.4 Å². The molecule has 1 aliphatic rings. The van der Waals surface area contributed by atoms with Gasteiger partial charge in [-0.1, -0.05) is 12.1 Å². The molecule has 0 saturated carbocycles. The van der Waals surface area contributed by atoms with Crippen molar-refractivity contribution in [2.45, 2.75) is 17.7 Å². The number of esters is 1. The second-order valence-electron chi connectivity index (χ2n) is 7.60. The van der Waals surface area contributed by atoms with Gasteiger partial charge >= 0.3 is 5.97 Å². The van der Waals surface area contributed by atoms with Crippen LogP contribution in [0.3, 0.4) is 0 Å². The largest absolute Gasteiger partial charge is 0.493 e. The van der Waals surface area contributed by atoms with Crippen LogP contribution in [-0.4, -0.2) is 66.1 Å². The normalized spacial score (nSPS) is 15.0. The molecule has 178 valence electrons. The summed E-state index contributed by atoms with van der Waals surface area (Å²) in [4.78, 5) is 26.6. The summed E-state index contributed by atoms with van der Waals surface area (Å²) >= 11 is 0. The Morgan fingerprint density at radius 3 is 2.21 bits per heavy atom. The lowest BCUT2D eigenvalue weighted by molar-refractivity contribution is -0.123. The van der Waals surface area contributed by atoms with E-state index in [1.807, 2.05) is 0 Å². The van der Waals surface area contributed by atoms with Crippen molar-refractivity contribution in [3.8, 4) is 11.5 Å². The first-order valence-corrected chi connectivity index (χ1v) is 11.9. The van der Waals surface area contributed by atoms with Crippen molar-refractivity contribution in [2.75, 3.05) is 46.4 Å². The first-order valence-electron chi connectivity index (χ1n) is 10.4. The Balaban J connectivity index is 1.72. The number of rotatable bonds is 7. The van der Waals surface area contributed by atoms with E-state index in [4.69, 9.17) is 14.2 Å². The van der Waals surface area contributed by atoms with Crippen LogP contribution < -0.4 is 14.4 Å². The maximum Gasteiger partial charge on any atom is 0.339 e. The highest BCUT2D eigenvalue weighted by Crippen LogP contribution is 2.33. The van der Waals surface area contributed by atoms with Gasteiger partial charge in [-0.05, 0) is 37.1 Å². The summed E-state index contributed by atoms with van der Waals surface area (Å²) in [5.41, 5.74) is 0.645. The molecule has 0 radical (unpaired) electrons. The minimum absolute atomic E-state index is 0.00798. The van der Waals surface area contributed by atoms with E-state index in [2.05, 4.69) is 0 Å². The van der Waals surface area contributed by atoms with Gasteiger partial charge in [-0.3, -0.25) is 4.79 Å². The monoisotopic (exact) mass is 476 g/mol. The lowest BCUT2D eigenvalue weighted by atomic mass is 9.96. The summed E-state index contributed by atoms with van der Waals surface area (Å²) in [5.74, 6) is -0.0666. The van der Waals surface area contributed by atoms with Crippen molar-refractivity contribution in [3.63, 3.8) is 0 Å². The van der Waals surface area contributed by atoms with Crippen LogP contribution in [0.2, 0.25) is 0 Å². The molecule has 1 heterocycles. The van der Waals surface area contributed by atoms with Crippen LogP contribution >= 0.6 is 0 Å². The van der Waals surface area contributed by atoms with Gasteiger partial charge in [-0.2, -0.15) is 4.31 Å². The molecule has 10 heteroatoms. The number of amides is 1. The predicted octanol–water partition coefficient (Wildman–Crippen LogP) is 2.55. The number of hydrogen-bond acceptors (Lipinski definition) is 7. The molecule has 9 nitrogen and oxygen atoms in total. The minimum Gasteiger partial charge on any atom is -0.493 e. The van der Waals surface area contributed by atoms with Gasteiger partial charge in [0.2, 0.25) is 15.9 Å². The molecule has 1 saturated heterocycles. The zero-order chi connectivity index (χ0) is 24.2. The van der Waals surface area contributed by atoms with E-state index in [0.29, 0.717) is 30.0 Å². The number of sulfonamides is 1. The van der Waals surface area contributed by atoms with Gasteiger partial charge in [0.25, 0.3) is 0 Å². The van der Waals surface area contributed by atoms with E-state index in [1.165, 1.54) is 37.8 Å². The minimum atomic E-state index is -3.91. The van der Waals surface area contributed by atoms with Gasteiger partial charge in [0.1, 0.15) is 0 Å². The van der Waals surface area contributed by atoms with Gasteiger partial charge in [0.15, 0.2) is 11.5 Å². The molecule has 0 aliphatic carbocycles. The van der Waals surface area contributed by atoms with E-state index < -0.39 is 16.0 Å². The average molecular weight is 477 g/mol. The summed E-state index contributed by atoms with van der Waals surface area (Å²) in [6.45, 7) is 0.349. The number of ether oxygens (including phenoxy) is 3. The van der Waals surface area contributed by atoms with Crippen molar-refractivity contribution >= 4 is 27.6 Å². The molecule has 33 heavy (non-hydrogen) atoms. The number of hydrogen-bond donors (Lipinski definition) is 0. The molecule has 1 amide bonds. The Morgan fingerprint density at radius 1 is 0.970 bits per heavy atom. The molecule has 0 atom stereocenters. The van der Waals surface area contributed by atoms with Crippen molar-refractivity contribution in [3.05, 3.63) is 48.0 Å². The van der Waals surface area contributed by atoms with E-state index in [9.17, 15) is 18.0 Å². The van der Waals surface area contributed by atoms with Crippen LogP contribution in [0, 0.1) is 5.92 Å². The van der Waals surface area contributed by atoms with Crippen LogP contribution in [0.5, 0.6) is 11.5 Å². The van der Waals surface area contributed by atoms with Crippen molar-refractivity contribution in [1.29, 1.82) is 0 Å². The molecule has 1 fully saturated rings. The third kappa shape index (κ3) is 4.96. The number of nitrogens with zero attached hydrogens (tertiary/aromatic N) is 2. The Bertz CT molecular complexity index is 1130. The predicted molar refractivity (Wildman–Crippen MR) is 122 cm³/mol. The Hall–Kier alpha value is -3.11. The molecule has 2 aromatic rings. The van der Waals surface area contributed by atoms with Crippen LogP contribution in [0.25, 0.3) is 0 Å². The fourth-order valence-corrected chi connectivity index (χ4v) is 5.54. The second kappa shape index (κ2) is 10.2. The van der Waals surface area contributed by atoms with Crippen molar-refractivity contribution in [1.82, 2.24) is 4.31 Å². The van der Waals surface area contributed by atoms with E-state index in [1.54, 1.807) is 42.3 Å². The van der Waals surface area contributed by atoms with Crippen LogP contribution in [-0.2, 0) is 19.6 Å². The average Bonchev–Trinajstić information content (AvgIpc) is 2.86. The first kappa shape index (κ1) is 24.5. The fourth-order valence-electron chi connectivity index (χ4n) is 3.89. The van der Waals surface area contributed by atoms with Crippen molar-refractivity contribution < 1.29 is 32.2 Å². The molecular formula is C23H28N2O7S. The maximum absolute atomic E-state index is 13.2. The first-order chi connectivity index (χ1) is 15.7. The Labute approximate surface area is 193 Å². The van der Waals surface area contributed by atoms with Gasteiger partial charge in [0, 0.05) is 37.8 Å². The number of carbonyl (C=O) groups is 2. The summed E-state index contributed by atoms with van der Waals surface area (Å²) in [5, 5.41) is 0. The zero-order valence-corrected chi connectivity index (χ0v) is 19.9. The SMILES string of the molecule is COC(=O)c1ccccc1S(=O)(=O)N1CCC(C(=O)N(C)c2ccc(OC)c(OC)c2)CC1. The number of piperidine rings is 1. The summed E-state index contributed by atoms with van der Waals surface area (Å²) in [7, 11) is 2.04. The van der Waals surface area contributed by atoms with Gasteiger partial charge in [0.05, 0.1) is 31.8 Å². The van der Waals surface area contributed by atoms with E-state index in [0.717, 1.165) is 0 Å². The molecule has 3 rings (SSSR count). The molecule has 1 aliphatic heterocycles. The van der Waals surface area contributed by atoms with Gasteiger partial charge in [-0.25, -0.2) is 13.2 Å². The fraction of sp³-hybridized carbons (Fsp3) is 0.391. The van der Waals surface area contributed by atoms with Gasteiger partial charge in [-0.15, -0.1) is 0 Å². The molecule has 2 aromatic carbocycles.